The zero-order valence-corrected chi connectivity index (χ0v) is 10.9. The fourth-order valence-corrected chi connectivity index (χ4v) is 1.75. The Balaban J connectivity index is 2.06. The van der Waals surface area contributed by atoms with Gasteiger partial charge in [0.15, 0.2) is 23.2 Å². The summed E-state index contributed by atoms with van der Waals surface area (Å²) in [4.78, 5) is 0. The van der Waals surface area contributed by atoms with Crippen LogP contribution in [0.3, 0.4) is 0 Å². The molecule has 2 aromatic rings. The standard InChI is InChI=1S/C15H14F3NO/c1-9-3-2-4-14(15(9)18)20-8-13(19)10-5-6-11(16)12(17)7-10/h2-7,13H,8,19H2,1H3. The summed E-state index contributed by atoms with van der Waals surface area (Å²) in [7, 11) is 0. The van der Waals surface area contributed by atoms with Gasteiger partial charge in [-0.1, -0.05) is 18.2 Å². The fraction of sp³-hybridized carbons (Fsp3) is 0.200. The second kappa shape index (κ2) is 5.96. The summed E-state index contributed by atoms with van der Waals surface area (Å²) in [6.07, 6.45) is 0. The summed E-state index contributed by atoms with van der Waals surface area (Å²) in [5.41, 5.74) is 6.66. The minimum atomic E-state index is -0.973. The van der Waals surface area contributed by atoms with Crippen LogP contribution in [0.5, 0.6) is 5.75 Å². The molecule has 0 saturated heterocycles. The predicted octanol–water partition coefficient (Wildman–Crippen LogP) is 3.49. The van der Waals surface area contributed by atoms with Crippen LogP contribution in [0.1, 0.15) is 17.2 Å². The third kappa shape index (κ3) is 3.11. The lowest BCUT2D eigenvalue weighted by molar-refractivity contribution is 0.276. The Morgan fingerprint density at radius 2 is 1.85 bits per heavy atom. The summed E-state index contributed by atoms with van der Waals surface area (Å²) >= 11 is 0. The molecular weight excluding hydrogens is 267 g/mol. The summed E-state index contributed by atoms with van der Waals surface area (Å²) in [6.45, 7) is 1.59. The number of benzene rings is 2. The Bertz CT molecular complexity index is 616. The molecule has 5 heteroatoms. The van der Waals surface area contributed by atoms with Crippen LogP contribution >= 0.6 is 0 Å². The highest BCUT2D eigenvalue weighted by Gasteiger charge is 2.12. The van der Waals surface area contributed by atoms with Crippen LogP contribution in [-0.2, 0) is 0 Å². The molecule has 0 heterocycles. The first kappa shape index (κ1) is 14.4. The lowest BCUT2D eigenvalue weighted by Gasteiger charge is -2.14. The zero-order valence-electron chi connectivity index (χ0n) is 10.9. The lowest BCUT2D eigenvalue weighted by atomic mass is 10.1. The van der Waals surface area contributed by atoms with Gasteiger partial charge in [-0.25, -0.2) is 13.2 Å². The van der Waals surface area contributed by atoms with E-state index in [4.69, 9.17) is 10.5 Å². The van der Waals surface area contributed by atoms with Crippen molar-refractivity contribution in [3.63, 3.8) is 0 Å². The number of hydrogen-bond donors (Lipinski definition) is 1. The molecule has 0 amide bonds. The van der Waals surface area contributed by atoms with Crippen molar-refractivity contribution in [2.75, 3.05) is 6.61 Å². The van der Waals surface area contributed by atoms with Gasteiger partial charge in [0.2, 0.25) is 0 Å². The molecule has 0 aliphatic carbocycles. The number of halogens is 3. The molecule has 106 valence electrons. The summed E-state index contributed by atoms with van der Waals surface area (Å²) in [5.74, 6) is -2.28. The van der Waals surface area contributed by atoms with Gasteiger partial charge < -0.3 is 10.5 Å². The molecule has 0 fully saturated rings. The van der Waals surface area contributed by atoms with Crippen LogP contribution in [0.2, 0.25) is 0 Å². The van der Waals surface area contributed by atoms with E-state index in [1.807, 2.05) is 0 Å². The molecule has 2 aromatic carbocycles. The summed E-state index contributed by atoms with van der Waals surface area (Å²) < 4.78 is 44.9. The van der Waals surface area contributed by atoms with Gasteiger partial charge in [0, 0.05) is 0 Å². The number of aryl methyl sites for hydroxylation is 1. The molecule has 2 nitrogen and oxygen atoms in total. The van der Waals surface area contributed by atoms with E-state index in [-0.39, 0.29) is 12.4 Å². The van der Waals surface area contributed by atoms with Gasteiger partial charge in [-0.2, -0.15) is 0 Å². The van der Waals surface area contributed by atoms with E-state index in [2.05, 4.69) is 0 Å². The Hall–Kier alpha value is -2.01. The molecule has 1 unspecified atom stereocenters. The minimum absolute atomic E-state index is 0.0363. The first-order valence-electron chi connectivity index (χ1n) is 6.07. The van der Waals surface area contributed by atoms with E-state index < -0.39 is 23.5 Å². The topological polar surface area (TPSA) is 35.2 Å². The smallest absolute Gasteiger partial charge is 0.167 e. The Labute approximate surface area is 115 Å². The highest BCUT2D eigenvalue weighted by molar-refractivity contribution is 5.30. The molecule has 1 atom stereocenters. The first-order chi connectivity index (χ1) is 9.49. The molecule has 0 bridgehead atoms. The molecule has 20 heavy (non-hydrogen) atoms. The second-order valence-electron chi connectivity index (χ2n) is 4.48. The van der Waals surface area contributed by atoms with E-state index in [1.54, 1.807) is 19.1 Å². The van der Waals surface area contributed by atoms with Crippen LogP contribution < -0.4 is 10.5 Å². The van der Waals surface area contributed by atoms with E-state index >= 15 is 0 Å². The number of rotatable bonds is 4. The third-order valence-electron chi connectivity index (χ3n) is 2.95. The average molecular weight is 281 g/mol. The maximum absolute atomic E-state index is 13.7. The molecule has 0 aromatic heterocycles. The lowest BCUT2D eigenvalue weighted by Crippen LogP contribution is -2.19. The van der Waals surface area contributed by atoms with Crippen LogP contribution in [0, 0.1) is 24.4 Å². The first-order valence-corrected chi connectivity index (χ1v) is 6.07. The third-order valence-corrected chi connectivity index (χ3v) is 2.95. The van der Waals surface area contributed by atoms with Gasteiger partial charge in [0.25, 0.3) is 0 Å². The minimum Gasteiger partial charge on any atom is -0.489 e. The fourth-order valence-electron chi connectivity index (χ4n) is 1.75. The van der Waals surface area contributed by atoms with Crippen molar-refractivity contribution < 1.29 is 17.9 Å². The van der Waals surface area contributed by atoms with Gasteiger partial charge in [0.1, 0.15) is 6.61 Å². The quantitative estimate of drug-likeness (QED) is 0.931. The molecular formula is C15H14F3NO. The van der Waals surface area contributed by atoms with Gasteiger partial charge in [-0.15, -0.1) is 0 Å². The SMILES string of the molecule is Cc1cccc(OCC(N)c2ccc(F)c(F)c2)c1F. The zero-order chi connectivity index (χ0) is 14.7. The molecule has 0 spiro atoms. The van der Waals surface area contributed by atoms with Gasteiger partial charge in [-0.3, -0.25) is 0 Å². The van der Waals surface area contributed by atoms with Crippen LogP contribution in [0.15, 0.2) is 36.4 Å². The normalized spacial score (nSPS) is 12.2. The van der Waals surface area contributed by atoms with Crippen molar-refractivity contribution in [3.8, 4) is 5.75 Å². The monoisotopic (exact) mass is 281 g/mol. The van der Waals surface area contributed by atoms with Crippen LogP contribution in [0.25, 0.3) is 0 Å². The summed E-state index contributed by atoms with van der Waals surface area (Å²) in [6, 6.07) is 7.48. The van der Waals surface area contributed by atoms with Gasteiger partial charge in [-0.05, 0) is 36.2 Å². The van der Waals surface area contributed by atoms with Gasteiger partial charge in [0.05, 0.1) is 6.04 Å². The van der Waals surface area contributed by atoms with Crippen LogP contribution in [0.4, 0.5) is 13.2 Å². The average Bonchev–Trinajstić information content (AvgIpc) is 2.43. The van der Waals surface area contributed by atoms with Crippen LogP contribution in [-0.4, -0.2) is 6.61 Å². The van der Waals surface area contributed by atoms with E-state index in [0.717, 1.165) is 12.1 Å². The van der Waals surface area contributed by atoms with Crippen molar-refractivity contribution in [2.24, 2.45) is 5.73 Å². The Morgan fingerprint density at radius 1 is 1.10 bits per heavy atom. The van der Waals surface area contributed by atoms with Crippen molar-refractivity contribution >= 4 is 0 Å². The second-order valence-corrected chi connectivity index (χ2v) is 4.48. The van der Waals surface area contributed by atoms with Crippen molar-refractivity contribution in [1.29, 1.82) is 0 Å². The molecule has 0 aliphatic rings. The molecule has 0 saturated carbocycles. The number of ether oxygens (including phenoxy) is 1. The Morgan fingerprint density at radius 3 is 2.55 bits per heavy atom. The molecule has 2 rings (SSSR count). The molecule has 0 aliphatic heterocycles. The van der Waals surface area contributed by atoms with E-state index in [9.17, 15) is 13.2 Å². The van der Waals surface area contributed by atoms with Crippen molar-refractivity contribution in [2.45, 2.75) is 13.0 Å². The molecule has 2 N–H and O–H groups in total. The van der Waals surface area contributed by atoms with Gasteiger partial charge >= 0.3 is 0 Å². The maximum Gasteiger partial charge on any atom is 0.167 e. The maximum atomic E-state index is 13.7. The van der Waals surface area contributed by atoms with E-state index in [0.29, 0.717) is 11.1 Å². The van der Waals surface area contributed by atoms with E-state index in [1.165, 1.54) is 12.1 Å². The van der Waals surface area contributed by atoms with Crippen molar-refractivity contribution in [1.82, 2.24) is 0 Å². The highest BCUT2D eigenvalue weighted by Crippen LogP contribution is 2.21. The Kier molecular flexibility index (Phi) is 4.29. The number of hydrogen-bond acceptors (Lipinski definition) is 2. The molecule has 0 radical (unpaired) electrons. The highest BCUT2D eigenvalue weighted by atomic mass is 19.2. The largest absolute Gasteiger partial charge is 0.489 e. The van der Waals surface area contributed by atoms with Crippen molar-refractivity contribution in [3.05, 3.63) is 65.0 Å². The number of nitrogens with two attached hydrogens (primary N) is 1. The predicted molar refractivity (Wildman–Crippen MR) is 69.9 cm³/mol. The summed E-state index contributed by atoms with van der Waals surface area (Å²) in [5, 5.41) is 0.